The van der Waals surface area contributed by atoms with E-state index < -0.39 is 6.04 Å². The van der Waals surface area contributed by atoms with Crippen LogP contribution >= 0.6 is 0 Å². The van der Waals surface area contributed by atoms with E-state index in [1.54, 1.807) is 4.90 Å². The van der Waals surface area contributed by atoms with Crippen LogP contribution in [0.3, 0.4) is 0 Å². The van der Waals surface area contributed by atoms with Crippen LogP contribution in [0.1, 0.15) is 33.1 Å². The van der Waals surface area contributed by atoms with Gasteiger partial charge in [0.05, 0.1) is 12.6 Å². The van der Waals surface area contributed by atoms with Gasteiger partial charge in [-0.25, -0.2) is 0 Å². The molecule has 0 aliphatic heterocycles. The highest BCUT2D eigenvalue weighted by Crippen LogP contribution is 2.00. The maximum absolute atomic E-state index is 11.7. The van der Waals surface area contributed by atoms with Crippen LogP contribution in [0, 0.1) is 0 Å². The van der Waals surface area contributed by atoms with Gasteiger partial charge in [-0.1, -0.05) is 20.3 Å². The molecule has 0 saturated heterocycles. The number of amides is 1. The van der Waals surface area contributed by atoms with Crippen LogP contribution in [0.25, 0.3) is 0 Å². The summed E-state index contributed by atoms with van der Waals surface area (Å²) < 4.78 is 0. The number of nitrogens with zero attached hydrogens (tertiary/aromatic N) is 1. The van der Waals surface area contributed by atoms with E-state index in [-0.39, 0.29) is 12.5 Å². The molecule has 0 aromatic heterocycles. The average Bonchev–Trinajstić information content (AvgIpc) is 2.17. The molecule has 0 aromatic carbocycles. The van der Waals surface area contributed by atoms with Gasteiger partial charge in [0.2, 0.25) is 5.91 Å². The number of nitrogens with two attached hydrogens (primary N) is 1. The van der Waals surface area contributed by atoms with Crippen LogP contribution in [0.2, 0.25) is 0 Å². The second-order valence-corrected chi connectivity index (χ2v) is 3.44. The highest BCUT2D eigenvalue weighted by atomic mass is 16.3. The Balaban J connectivity index is 4.11. The van der Waals surface area contributed by atoms with Crippen molar-refractivity contribution < 1.29 is 9.90 Å². The zero-order chi connectivity index (χ0) is 11.0. The van der Waals surface area contributed by atoms with Gasteiger partial charge in [-0.15, -0.1) is 0 Å². The zero-order valence-electron chi connectivity index (χ0n) is 9.20. The Morgan fingerprint density at radius 3 is 2.43 bits per heavy atom. The molecular weight excluding hydrogens is 180 g/mol. The fourth-order valence-electron chi connectivity index (χ4n) is 1.39. The Labute approximate surface area is 86.1 Å². The predicted molar refractivity (Wildman–Crippen MR) is 56.8 cm³/mol. The third-order valence-corrected chi connectivity index (χ3v) is 2.09. The molecule has 14 heavy (non-hydrogen) atoms. The minimum atomic E-state index is -0.405. The van der Waals surface area contributed by atoms with Crippen LogP contribution in [0.15, 0.2) is 0 Å². The van der Waals surface area contributed by atoms with E-state index in [1.165, 1.54) is 0 Å². The molecule has 3 N–H and O–H groups in total. The number of rotatable bonds is 7. The van der Waals surface area contributed by atoms with Gasteiger partial charge < -0.3 is 15.7 Å². The molecule has 0 aliphatic rings. The third-order valence-electron chi connectivity index (χ3n) is 2.09. The normalized spacial score (nSPS) is 12.6. The summed E-state index contributed by atoms with van der Waals surface area (Å²) in [6.45, 7) is 5.08. The quantitative estimate of drug-likeness (QED) is 0.626. The molecule has 0 spiro atoms. The molecule has 0 aromatic rings. The topological polar surface area (TPSA) is 66.6 Å². The first-order chi connectivity index (χ1) is 6.67. The van der Waals surface area contributed by atoms with Crippen molar-refractivity contribution in [2.45, 2.75) is 39.2 Å². The number of aliphatic hydroxyl groups excluding tert-OH is 1. The Kier molecular flexibility index (Phi) is 7.42. The van der Waals surface area contributed by atoms with Crippen molar-refractivity contribution in [3.8, 4) is 0 Å². The maximum Gasteiger partial charge on any atom is 0.239 e. The molecule has 0 aliphatic carbocycles. The first-order valence-electron chi connectivity index (χ1n) is 5.32. The van der Waals surface area contributed by atoms with E-state index >= 15 is 0 Å². The van der Waals surface area contributed by atoms with Crippen molar-refractivity contribution in [1.29, 1.82) is 0 Å². The average molecular weight is 202 g/mol. The van der Waals surface area contributed by atoms with E-state index in [1.807, 2.05) is 13.8 Å². The molecular formula is C10H22N2O2. The second-order valence-electron chi connectivity index (χ2n) is 3.44. The number of carbonyl (C=O) groups is 1. The molecule has 0 heterocycles. The number of carbonyl (C=O) groups excluding carboxylic acids is 1. The molecule has 0 rings (SSSR count). The number of hydrogen-bond acceptors (Lipinski definition) is 3. The van der Waals surface area contributed by atoms with E-state index in [9.17, 15) is 4.79 Å². The van der Waals surface area contributed by atoms with Gasteiger partial charge in [0.1, 0.15) is 0 Å². The van der Waals surface area contributed by atoms with Crippen molar-refractivity contribution in [3.05, 3.63) is 0 Å². The van der Waals surface area contributed by atoms with Crippen molar-refractivity contribution in [3.63, 3.8) is 0 Å². The van der Waals surface area contributed by atoms with Crippen LogP contribution in [0.4, 0.5) is 0 Å². The van der Waals surface area contributed by atoms with E-state index in [0.717, 1.165) is 12.8 Å². The van der Waals surface area contributed by atoms with Crippen LogP contribution in [0.5, 0.6) is 0 Å². The van der Waals surface area contributed by atoms with Gasteiger partial charge in [-0.3, -0.25) is 4.79 Å². The highest BCUT2D eigenvalue weighted by Gasteiger charge is 2.18. The lowest BCUT2D eigenvalue weighted by molar-refractivity contribution is -0.133. The van der Waals surface area contributed by atoms with Crippen molar-refractivity contribution >= 4 is 5.91 Å². The van der Waals surface area contributed by atoms with Gasteiger partial charge in [0.25, 0.3) is 0 Å². The summed E-state index contributed by atoms with van der Waals surface area (Å²) in [5, 5.41) is 8.79. The fraction of sp³-hybridized carbons (Fsp3) is 0.900. The van der Waals surface area contributed by atoms with E-state index in [0.29, 0.717) is 19.5 Å². The lowest BCUT2D eigenvalue weighted by Crippen LogP contribution is -2.45. The van der Waals surface area contributed by atoms with E-state index in [4.69, 9.17) is 10.8 Å². The Morgan fingerprint density at radius 1 is 1.36 bits per heavy atom. The Bertz CT molecular complexity index is 156. The minimum Gasteiger partial charge on any atom is -0.395 e. The molecule has 84 valence electrons. The van der Waals surface area contributed by atoms with Crippen LogP contribution < -0.4 is 5.73 Å². The predicted octanol–water partition coefficient (Wildman–Crippen LogP) is 0.345. The van der Waals surface area contributed by atoms with Crippen molar-refractivity contribution in [1.82, 2.24) is 4.90 Å². The highest BCUT2D eigenvalue weighted by molar-refractivity contribution is 5.81. The van der Waals surface area contributed by atoms with Gasteiger partial charge in [-0.2, -0.15) is 0 Å². The Hall–Kier alpha value is -0.610. The third kappa shape index (κ3) is 4.58. The molecule has 4 heteroatoms. The summed E-state index contributed by atoms with van der Waals surface area (Å²) in [7, 11) is 0. The molecule has 0 unspecified atom stereocenters. The zero-order valence-corrected chi connectivity index (χ0v) is 9.20. The van der Waals surface area contributed by atoms with Crippen LogP contribution in [-0.4, -0.2) is 41.7 Å². The summed E-state index contributed by atoms with van der Waals surface area (Å²) in [6, 6.07) is -0.405. The maximum atomic E-state index is 11.7. The molecule has 0 fully saturated rings. The lowest BCUT2D eigenvalue weighted by atomic mass is 10.1. The fourth-order valence-corrected chi connectivity index (χ4v) is 1.39. The lowest BCUT2D eigenvalue weighted by Gasteiger charge is -2.24. The summed E-state index contributed by atoms with van der Waals surface area (Å²) in [4.78, 5) is 13.3. The molecule has 1 amide bonds. The molecule has 1 atom stereocenters. The first-order valence-corrected chi connectivity index (χ1v) is 5.32. The van der Waals surface area contributed by atoms with Crippen LogP contribution in [-0.2, 0) is 4.79 Å². The smallest absolute Gasteiger partial charge is 0.239 e. The number of aliphatic hydroxyl groups is 1. The van der Waals surface area contributed by atoms with Gasteiger partial charge >= 0.3 is 0 Å². The Morgan fingerprint density at radius 2 is 2.00 bits per heavy atom. The summed E-state index contributed by atoms with van der Waals surface area (Å²) in [5.41, 5.74) is 5.72. The van der Waals surface area contributed by atoms with Gasteiger partial charge in [0.15, 0.2) is 0 Å². The second kappa shape index (κ2) is 7.76. The van der Waals surface area contributed by atoms with Gasteiger partial charge in [0, 0.05) is 13.1 Å². The summed E-state index contributed by atoms with van der Waals surface area (Å²) >= 11 is 0. The summed E-state index contributed by atoms with van der Waals surface area (Å²) in [6.07, 6.45) is 2.51. The first kappa shape index (κ1) is 13.4. The molecule has 4 nitrogen and oxygen atoms in total. The van der Waals surface area contributed by atoms with Crippen molar-refractivity contribution in [2.24, 2.45) is 5.73 Å². The SMILES string of the molecule is CCC[C@H](N)C(=O)N(CCC)CCO. The molecule has 0 radical (unpaired) electrons. The largest absolute Gasteiger partial charge is 0.395 e. The van der Waals surface area contributed by atoms with E-state index in [2.05, 4.69) is 0 Å². The number of hydrogen-bond donors (Lipinski definition) is 2. The molecule has 0 saturated carbocycles. The monoisotopic (exact) mass is 202 g/mol. The minimum absolute atomic E-state index is 0.00455. The standard InChI is InChI=1S/C10H22N2O2/c1-3-5-9(11)10(14)12(6-4-2)7-8-13/h9,13H,3-8,11H2,1-2H3/t9-/m0/s1. The summed E-state index contributed by atoms with van der Waals surface area (Å²) in [5.74, 6) is -0.0391. The molecule has 0 bridgehead atoms. The van der Waals surface area contributed by atoms with Gasteiger partial charge in [-0.05, 0) is 12.8 Å². The van der Waals surface area contributed by atoms with Crippen molar-refractivity contribution in [2.75, 3.05) is 19.7 Å².